The minimum atomic E-state index is -0.0767. The van der Waals surface area contributed by atoms with Gasteiger partial charge in [-0.05, 0) is 11.1 Å². The molecule has 0 fully saturated rings. The summed E-state index contributed by atoms with van der Waals surface area (Å²) in [7, 11) is 7.91. The van der Waals surface area contributed by atoms with Crippen molar-refractivity contribution in [3.8, 4) is 0 Å². The molecule has 4 heteroatoms. The smallest absolute Gasteiger partial charge is 0.103 e. The molecule has 0 bridgehead atoms. The first kappa shape index (κ1) is 17.7. The van der Waals surface area contributed by atoms with Crippen LogP contribution in [0.15, 0.2) is 70.6 Å². The van der Waals surface area contributed by atoms with Crippen molar-refractivity contribution in [3.63, 3.8) is 0 Å². The third-order valence-corrected chi connectivity index (χ3v) is 3.50. The molecule has 2 aromatic rings. The molecular weight excluding hydrogens is 296 g/mol. The maximum Gasteiger partial charge on any atom is 0.103 e. The Kier molecular flexibility index (Phi) is 6.55. The van der Waals surface area contributed by atoms with E-state index in [1.807, 2.05) is 87.1 Å². The van der Waals surface area contributed by atoms with Crippen molar-refractivity contribution in [2.45, 2.75) is 12.1 Å². The Hall–Kier alpha value is -2.62. The number of hydrogen-bond donors (Lipinski definition) is 0. The highest BCUT2D eigenvalue weighted by molar-refractivity contribution is 5.57. The molecule has 0 aliphatic carbocycles. The molecule has 0 aromatic heterocycles. The Balaban J connectivity index is 2.47. The minimum Gasteiger partial charge on any atom is -0.369 e. The van der Waals surface area contributed by atoms with Crippen LogP contribution >= 0.6 is 0 Å². The van der Waals surface area contributed by atoms with Gasteiger partial charge in [0.25, 0.3) is 0 Å². The maximum absolute atomic E-state index is 4.82. The summed E-state index contributed by atoms with van der Waals surface area (Å²) in [6.45, 7) is 0. The lowest BCUT2D eigenvalue weighted by Gasteiger charge is -2.23. The third kappa shape index (κ3) is 5.23. The van der Waals surface area contributed by atoms with Crippen LogP contribution in [-0.2, 0) is 0 Å². The second kappa shape index (κ2) is 8.87. The van der Waals surface area contributed by atoms with E-state index < -0.39 is 0 Å². The molecule has 24 heavy (non-hydrogen) atoms. The van der Waals surface area contributed by atoms with Gasteiger partial charge in [-0.15, -0.1) is 0 Å². The van der Waals surface area contributed by atoms with Crippen molar-refractivity contribution in [1.82, 2.24) is 9.80 Å². The summed E-state index contributed by atoms with van der Waals surface area (Å²) in [5.41, 5.74) is 2.31. The van der Waals surface area contributed by atoms with E-state index in [1.165, 1.54) is 0 Å². The lowest BCUT2D eigenvalue weighted by atomic mass is 9.94. The second-order valence-electron chi connectivity index (χ2n) is 6.17. The Morgan fingerprint density at radius 2 is 0.958 bits per heavy atom. The Morgan fingerprint density at radius 1 is 0.625 bits per heavy atom. The fraction of sp³-hybridized carbons (Fsp3) is 0.300. The van der Waals surface area contributed by atoms with Crippen molar-refractivity contribution < 1.29 is 0 Å². The molecule has 0 saturated carbocycles. The molecule has 2 rings (SSSR count). The van der Waals surface area contributed by atoms with Gasteiger partial charge in [0.2, 0.25) is 0 Å². The molecule has 0 N–H and O–H groups in total. The standard InChI is InChI=1S/C20H26N4/c1-23(2)15-21-19(17-11-7-5-8-12-17)20(22-16-24(3)4)18-13-9-6-10-14-18/h5-16,19-20H,1-4H3/t19-,20-/m1/s1. The highest BCUT2D eigenvalue weighted by Crippen LogP contribution is 2.35. The number of hydrogen-bond acceptors (Lipinski definition) is 2. The van der Waals surface area contributed by atoms with Crippen LogP contribution in [0.1, 0.15) is 23.2 Å². The summed E-state index contributed by atoms with van der Waals surface area (Å²) in [6.07, 6.45) is 3.72. The Bertz CT molecular complexity index is 588. The van der Waals surface area contributed by atoms with Gasteiger partial charge in [-0.1, -0.05) is 60.7 Å². The quantitative estimate of drug-likeness (QED) is 0.575. The molecule has 0 saturated heterocycles. The summed E-state index contributed by atoms with van der Waals surface area (Å²) in [6, 6.07) is 20.5. The van der Waals surface area contributed by atoms with Gasteiger partial charge in [-0.25, -0.2) is 0 Å². The average molecular weight is 322 g/mol. The highest BCUT2D eigenvalue weighted by atomic mass is 15.1. The molecule has 2 atom stereocenters. The van der Waals surface area contributed by atoms with Crippen LogP contribution < -0.4 is 0 Å². The molecule has 126 valence electrons. The fourth-order valence-electron chi connectivity index (χ4n) is 2.41. The van der Waals surface area contributed by atoms with Gasteiger partial charge in [-0.3, -0.25) is 9.98 Å². The molecule has 0 radical (unpaired) electrons. The molecule has 0 amide bonds. The molecule has 4 nitrogen and oxygen atoms in total. The van der Waals surface area contributed by atoms with E-state index in [4.69, 9.17) is 9.98 Å². The highest BCUT2D eigenvalue weighted by Gasteiger charge is 2.23. The molecular formula is C20H26N4. The molecule has 0 spiro atoms. The molecule has 0 aliphatic heterocycles. The summed E-state index contributed by atoms with van der Waals surface area (Å²) < 4.78 is 0. The van der Waals surface area contributed by atoms with Crippen LogP contribution in [0.3, 0.4) is 0 Å². The zero-order valence-corrected chi connectivity index (χ0v) is 14.9. The minimum absolute atomic E-state index is 0.0767. The van der Waals surface area contributed by atoms with Crippen LogP contribution in [0, 0.1) is 0 Å². The van der Waals surface area contributed by atoms with Gasteiger partial charge in [0, 0.05) is 28.2 Å². The summed E-state index contributed by atoms with van der Waals surface area (Å²) in [5.74, 6) is 0. The molecule has 0 aliphatic rings. The maximum atomic E-state index is 4.82. The first-order valence-electron chi connectivity index (χ1n) is 8.07. The summed E-state index contributed by atoms with van der Waals surface area (Å²) in [4.78, 5) is 13.5. The zero-order valence-electron chi connectivity index (χ0n) is 14.9. The first-order chi connectivity index (χ1) is 11.6. The van der Waals surface area contributed by atoms with E-state index in [1.54, 1.807) is 0 Å². The molecule has 0 unspecified atom stereocenters. The van der Waals surface area contributed by atoms with E-state index >= 15 is 0 Å². The van der Waals surface area contributed by atoms with Crippen molar-refractivity contribution in [3.05, 3.63) is 71.8 Å². The predicted molar refractivity (Wildman–Crippen MR) is 103 cm³/mol. The monoisotopic (exact) mass is 322 g/mol. The van der Waals surface area contributed by atoms with Crippen molar-refractivity contribution in [1.29, 1.82) is 0 Å². The second-order valence-corrected chi connectivity index (χ2v) is 6.17. The SMILES string of the molecule is CN(C)C=N[C@H](c1ccccc1)[C@H](N=CN(C)C)c1ccccc1. The van der Waals surface area contributed by atoms with Crippen LogP contribution in [0.5, 0.6) is 0 Å². The molecule has 2 aromatic carbocycles. The molecule has 0 heterocycles. The van der Waals surface area contributed by atoms with E-state index in [0.29, 0.717) is 0 Å². The van der Waals surface area contributed by atoms with Gasteiger partial charge >= 0.3 is 0 Å². The summed E-state index contributed by atoms with van der Waals surface area (Å²) in [5, 5.41) is 0. The van der Waals surface area contributed by atoms with Gasteiger partial charge in [0.1, 0.15) is 12.1 Å². The summed E-state index contributed by atoms with van der Waals surface area (Å²) >= 11 is 0. The van der Waals surface area contributed by atoms with E-state index in [9.17, 15) is 0 Å². The Labute approximate surface area is 145 Å². The number of nitrogens with zero attached hydrogens (tertiary/aromatic N) is 4. The predicted octanol–water partition coefficient (Wildman–Crippen LogP) is 3.65. The lowest BCUT2D eigenvalue weighted by molar-refractivity contribution is 0.550. The van der Waals surface area contributed by atoms with Crippen molar-refractivity contribution in [2.75, 3.05) is 28.2 Å². The fourth-order valence-corrected chi connectivity index (χ4v) is 2.41. The van der Waals surface area contributed by atoms with Crippen LogP contribution in [0.2, 0.25) is 0 Å². The largest absolute Gasteiger partial charge is 0.369 e. The third-order valence-electron chi connectivity index (χ3n) is 3.50. The van der Waals surface area contributed by atoms with Gasteiger partial charge < -0.3 is 9.80 Å². The topological polar surface area (TPSA) is 31.2 Å². The average Bonchev–Trinajstić information content (AvgIpc) is 2.59. The van der Waals surface area contributed by atoms with Gasteiger partial charge in [0.05, 0.1) is 12.7 Å². The number of rotatable bonds is 7. The van der Waals surface area contributed by atoms with Crippen LogP contribution in [-0.4, -0.2) is 50.7 Å². The van der Waals surface area contributed by atoms with Crippen LogP contribution in [0.4, 0.5) is 0 Å². The van der Waals surface area contributed by atoms with Gasteiger partial charge in [-0.2, -0.15) is 0 Å². The first-order valence-corrected chi connectivity index (χ1v) is 8.07. The van der Waals surface area contributed by atoms with Crippen LogP contribution in [0.25, 0.3) is 0 Å². The van der Waals surface area contributed by atoms with E-state index in [2.05, 4.69) is 24.3 Å². The van der Waals surface area contributed by atoms with E-state index in [-0.39, 0.29) is 12.1 Å². The van der Waals surface area contributed by atoms with Gasteiger partial charge in [0.15, 0.2) is 0 Å². The van der Waals surface area contributed by atoms with Crippen molar-refractivity contribution in [2.24, 2.45) is 9.98 Å². The lowest BCUT2D eigenvalue weighted by Crippen LogP contribution is -2.15. The zero-order chi connectivity index (χ0) is 17.4. The Morgan fingerprint density at radius 3 is 1.25 bits per heavy atom. The normalized spacial score (nSPS) is 14.0. The van der Waals surface area contributed by atoms with E-state index in [0.717, 1.165) is 11.1 Å². The van der Waals surface area contributed by atoms with Crippen molar-refractivity contribution >= 4 is 12.7 Å². The number of benzene rings is 2. The number of aliphatic imine (C=N–C) groups is 2.